The minimum absolute atomic E-state index is 0.434. The zero-order valence-electron chi connectivity index (χ0n) is 10.1. The molecular formula is C12H21N3O. The van der Waals surface area contributed by atoms with Gasteiger partial charge in [0.15, 0.2) is 0 Å². The lowest BCUT2D eigenvalue weighted by atomic mass is 9.88. The molecule has 0 aromatic carbocycles. The largest absolute Gasteiger partial charge is 0.385 e. The first-order valence-corrected chi connectivity index (χ1v) is 6.03. The first kappa shape index (κ1) is 11.6. The molecule has 1 aliphatic rings. The summed E-state index contributed by atoms with van der Waals surface area (Å²) in [5, 5.41) is 18.0. The van der Waals surface area contributed by atoms with Crippen molar-refractivity contribution in [3.63, 3.8) is 0 Å². The van der Waals surface area contributed by atoms with Gasteiger partial charge in [0.05, 0.1) is 11.8 Å². The monoisotopic (exact) mass is 223 g/mol. The third-order valence-electron chi connectivity index (χ3n) is 3.38. The van der Waals surface area contributed by atoms with Crippen molar-refractivity contribution in [2.75, 3.05) is 6.54 Å². The summed E-state index contributed by atoms with van der Waals surface area (Å²) < 4.78 is 1.73. The van der Waals surface area contributed by atoms with Crippen LogP contribution in [0, 0.1) is 0 Å². The molecule has 2 N–H and O–H groups in total. The number of hydrogen-bond donors (Lipinski definition) is 2. The van der Waals surface area contributed by atoms with Gasteiger partial charge in [-0.05, 0) is 32.7 Å². The van der Waals surface area contributed by atoms with Crippen LogP contribution in [0.25, 0.3) is 0 Å². The SMILES string of the molecule is Cn1cc(C(C)(O)CC2CCCCN2)cn1. The molecule has 0 radical (unpaired) electrons. The highest BCUT2D eigenvalue weighted by molar-refractivity contribution is 5.14. The quantitative estimate of drug-likeness (QED) is 0.808. The molecule has 1 fully saturated rings. The number of nitrogens with zero attached hydrogens (tertiary/aromatic N) is 2. The predicted molar refractivity (Wildman–Crippen MR) is 63.0 cm³/mol. The van der Waals surface area contributed by atoms with Crippen molar-refractivity contribution in [1.82, 2.24) is 15.1 Å². The van der Waals surface area contributed by atoms with E-state index >= 15 is 0 Å². The second kappa shape index (κ2) is 4.55. The summed E-state index contributed by atoms with van der Waals surface area (Å²) >= 11 is 0. The van der Waals surface area contributed by atoms with Crippen molar-refractivity contribution in [2.24, 2.45) is 7.05 Å². The van der Waals surface area contributed by atoms with E-state index in [9.17, 15) is 5.11 Å². The molecule has 1 saturated heterocycles. The average molecular weight is 223 g/mol. The number of piperidine rings is 1. The first-order valence-electron chi connectivity index (χ1n) is 6.03. The Morgan fingerprint density at radius 3 is 3.00 bits per heavy atom. The molecule has 0 spiro atoms. The van der Waals surface area contributed by atoms with Crippen LogP contribution < -0.4 is 5.32 Å². The highest BCUT2D eigenvalue weighted by Crippen LogP contribution is 2.27. The Hall–Kier alpha value is -0.870. The molecule has 0 aliphatic carbocycles. The lowest BCUT2D eigenvalue weighted by Gasteiger charge is -2.31. The topological polar surface area (TPSA) is 50.1 Å². The molecule has 1 aromatic heterocycles. The normalized spacial score (nSPS) is 25.3. The second-order valence-corrected chi connectivity index (χ2v) is 5.03. The Kier molecular flexibility index (Phi) is 3.30. The van der Waals surface area contributed by atoms with Crippen molar-refractivity contribution in [2.45, 2.75) is 44.2 Å². The van der Waals surface area contributed by atoms with Crippen LogP contribution in [0.3, 0.4) is 0 Å². The Bertz CT molecular complexity index is 340. The molecule has 90 valence electrons. The summed E-state index contributed by atoms with van der Waals surface area (Å²) in [5.41, 5.74) is 0.130. The van der Waals surface area contributed by atoms with E-state index < -0.39 is 5.60 Å². The minimum Gasteiger partial charge on any atom is -0.385 e. The molecule has 0 amide bonds. The molecular weight excluding hydrogens is 202 g/mol. The van der Waals surface area contributed by atoms with Gasteiger partial charge in [-0.1, -0.05) is 6.42 Å². The Labute approximate surface area is 96.7 Å². The van der Waals surface area contributed by atoms with Crippen LogP contribution in [0.4, 0.5) is 0 Å². The molecule has 2 rings (SSSR count). The summed E-state index contributed by atoms with van der Waals surface area (Å²) in [7, 11) is 1.87. The van der Waals surface area contributed by atoms with Gasteiger partial charge in [0, 0.05) is 24.8 Å². The maximum atomic E-state index is 10.5. The lowest BCUT2D eigenvalue weighted by molar-refractivity contribution is 0.0331. The van der Waals surface area contributed by atoms with Crippen molar-refractivity contribution < 1.29 is 5.11 Å². The van der Waals surface area contributed by atoms with E-state index in [2.05, 4.69) is 10.4 Å². The van der Waals surface area contributed by atoms with Crippen LogP contribution in [0.1, 0.15) is 38.2 Å². The Morgan fingerprint density at radius 1 is 1.62 bits per heavy atom. The molecule has 0 bridgehead atoms. The lowest BCUT2D eigenvalue weighted by Crippen LogP contribution is -2.39. The molecule has 2 heterocycles. The highest BCUT2D eigenvalue weighted by atomic mass is 16.3. The maximum absolute atomic E-state index is 10.5. The summed E-state index contributed by atoms with van der Waals surface area (Å²) in [4.78, 5) is 0. The van der Waals surface area contributed by atoms with Crippen LogP contribution >= 0.6 is 0 Å². The maximum Gasteiger partial charge on any atom is 0.0913 e. The van der Waals surface area contributed by atoms with Gasteiger partial charge >= 0.3 is 0 Å². The van der Waals surface area contributed by atoms with Gasteiger partial charge in [-0.15, -0.1) is 0 Å². The van der Waals surface area contributed by atoms with Crippen molar-refractivity contribution >= 4 is 0 Å². The fraction of sp³-hybridized carbons (Fsp3) is 0.750. The van der Waals surface area contributed by atoms with Crippen LogP contribution in [0.5, 0.6) is 0 Å². The van der Waals surface area contributed by atoms with Gasteiger partial charge in [-0.2, -0.15) is 5.10 Å². The van der Waals surface area contributed by atoms with Crippen LogP contribution in [0.2, 0.25) is 0 Å². The van der Waals surface area contributed by atoms with E-state index in [-0.39, 0.29) is 0 Å². The van der Waals surface area contributed by atoms with Gasteiger partial charge in [-0.3, -0.25) is 4.68 Å². The predicted octanol–water partition coefficient (Wildman–Crippen LogP) is 1.16. The van der Waals surface area contributed by atoms with Gasteiger partial charge < -0.3 is 10.4 Å². The third kappa shape index (κ3) is 2.62. The fourth-order valence-electron chi connectivity index (χ4n) is 2.40. The average Bonchev–Trinajstić information content (AvgIpc) is 2.66. The van der Waals surface area contributed by atoms with Crippen LogP contribution in [-0.4, -0.2) is 27.5 Å². The van der Waals surface area contributed by atoms with Gasteiger partial charge in [-0.25, -0.2) is 0 Å². The van der Waals surface area contributed by atoms with E-state index in [0.717, 1.165) is 24.9 Å². The second-order valence-electron chi connectivity index (χ2n) is 5.03. The molecule has 2 atom stereocenters. The molecule has 0 saturated carbocycles. The van der Waals surface area contributed by atoms with Crippen molar-refractivity contribution in [3.05, 3.63) is 18.0 Å². The van der Waals surface area contributed by atoms with E-state index in [1.165, 1.54) is 12.8 Å². The summed E-state index contributed by atoms with van der Waals surface area (Å²) in [6.07, 6.45) is 8.09. The van der Waals surface area contributed by atoms with E-state index in [1.807, 2.05) is 20.2 Å². The van der Waals surface area contributed by atoms with Crippen LogP contribution in [-0.2, 0) is 12.6 Å². The number of aromatic nitrogens is 2. The number of aryl methyl sites for hydroxylation is 1. The molecule has 2 unspecified atom stereocenters. The van der Waals surface area contributed by atoms with Gasteiger partial charge in [0.2, 0.25) is 0 Å². The van der Waals surface area contributed by atoms with Crippen molar-refractivity contribution in [1.29, 1.82) is 0 Å². The fourth-order valence-corrected chi connectivity index (χ4v) is 2.40. The number of aliphatic hydroxyl groups is 1. The number of rotatable bonds is 3. The highest BCUT2D eigenvalue weighted by Gasteiger charge is 2.29. The van der Waals surface area contributed by atoms with E-state index in [1.54, 1.807) is 10.9 Å². The zero-order chi connectivity index (χ0) is 11.6. The molecule has 16 heavy (non-hydrogen) atoms. The summed E-state index contributed by atoms with van der Waals surface area (Å²) in [6, 6.07) is 0.434. The van der Waals surface area contributed by atoms with Gasteiger partial charge in [0.1, 0.15) is 0 Å². The molecule has 1 aromatic rings. The van der Waals surface area contributed by atoms with E-state index in [4.69, 9.17) is 0 Å². The van der Waals surface area contributed by atoms with Crippen molar-refractivity contribution in [3.8, 4) is 0 Å². The number of nitrogens with one attached hydrogen (secondary N) is 1. The Morgan fingerprint density at radius 2 is 2.44 bits per heavy atom. The Balaban J connectivity index is 2.01. The van der Waals surface area contributed by atoms with Crippen LogP contribution in [0.15, 0.2) is 12.4 Å². The smallest absolute Gasteiger partial charge is 0.0913 e. The number of hydrogen-bond acceptors (Lipinski definition) is 3. The standard InChI is InChI=1S/C12H21N3O/c1-12(16,10-8-14-15(2)9-10)7-11-5-3-4-6-13-11/h8-9,11,13,16H,3-7H2,1-2H3. The molecule has 4 nitrogen and oxygen atoms in total. The zero-order valence-corrected chi connectivity index (χ0v) is 10.1. The van der Waals surface area contributed by atoms with Gasteiger partial charge in [0.25, 0.3) is 0 Å². The molecule has 1 aliphatic heterocycles. The first-order chi connectivity index (χ1) is 7.58. The van der Waals surface area contributed by atoms with E-state index in [0.29, 0.717) is 6.04 Å². The third-order valence-corrected chi connectivity index (χ3v) is 3.38. The molecule has 4 heteroatoms. The summed E-state index contributed by atoms with van der Waals surface area (Å²) in [6.45, 7) is 2.95. The minimum atomic E-state index is -0.775. The summed E-state index contributed by atoms with van der Waals surface area (Å²) in [5.74, 6) is 0.